The van der Waals surface area contributed by atoms with Gasteiger partial charge in [0, 0.05) is 6.42 Å². The summed E-state index contributed by atoms with van der Waals surface area (Å²) in [6.45, 7) is 2.02. The van der Waals surface area contributed by atoms with Crippen molar-refractivity contribution in [1.82, 2.24) is 0 Å². The van der Waals surface area contributed by atoms with Gasteiger partial charge in [-0.2, -0.15) is 0 Å². The molecule has 0 heterocycles. The van der Waals surface area contributed by atoms with Crippen LogP contribution in [0.4, 0.5) is 0 Å². The van der Waals surface area contributed by atoms with Crippen molar-refractivity contribution in [3.63, 3.8) is 0 Å². The van der Waals surface area contributed by atoms with Gasteiger partial charge in [-0.3, -0.25) is 0 Å². The van der Waals surface area contributed by atoms with E-state index in [9.17, 15) is 5.11 Å². The second-order valence-electron chi connectivity index (χ2n) is 3.64. The Labute approximate surface area is 85.8 Å². The molecule has 2 atom stereocenters. The Hall–Kier alpha value is -1.26. The minimum absolute atomic E-state index is 0.216. The Morgan fingerprint density at radius 3 is 2.57 bits per heavy atom. The van der Waals surface area contributed by atoms with Gasteiger partial charge in [-0.1, -0.05) is 37.3 Å². The summed E-state index contributed by atoms with van der Waals surface area (Å²) < 4.78 is 0. The van der Waals surface area contributed by atoms with Crippen molar-refractivity contribution < 1.29 is 5.11 Å². The molecule has 14 heavy (non-hydrogen) atoms. The minimum atomic E-state index is -0.389. The maximum atomic E-state index is 9.64. The molecule has 1 heteroatoms. The quantitative estimate of drug-likeness (QED) is 0.718. The lowest BCUT2D eigenvalue weighted by molar-refractivity contribution is 0.121. The number of rotatable bonds is 4. The molecule has 1 rings (SSSR count). The van der Waals surface area contributed by atoms with E-state index in [1.807, 2.05) is 25.1 Å². The number of aliphatic hydroxyl groups excluding tert-OH is 1. The predicted molar refractivity (Wildman–Crippen MR) is 58.8 cm³/mol. The minimum Gasteiger partial charge on any atom is -0.392 e. The van der Waals surface area contributed by atoms with E-state index in [0.717, 1.165) is 6.42 Å². The van der Waals surface area contributed by atoms with Gasteiger partial charge in [0.1, 0.15) is 0 Å². The first-order valence-corrected chi connectivity index (χ1v) is 4.89. The SMILES string of the molecule is C#CC[C@@H](O)[C@H](C)Cc1ccccc1. The first kappa shape index (κ1) is 10.8. The van der Waals surface area contributed by atoms with E-state index in [1.165, 1.54) is 5.56 Å². The highest BCUT2D eigenvalue weighted by molar-refractivity contribution is 5.15. The molecule has 0 amide bonds. The van der Waals surface area contributed by atoms with Crippen LogP contribution >= 0.6 is 0 Å². The third-order valence-electron chi connectivity index (χ3n) is 2.38. The molecule has 74 valence electrons. The molecule has 0 bridgehead atoms. The highest BCUT2D eigenvalue weighted by Gasteiger charge is 2.12. The number of aliphatic hydroxyl groups is 1. The molecule has 1 N–H and O–H groups in total. The fourth-order valence-corrected chi connectivity index (χ4v) is 1.44. The van der Waals surface area contributed by atoms with Crippen molar-refractivity contribution in [2.75, 3.05) is 0 Å². The highest BCUT2D eigenvalue weighted by atomic mass is 16.3. The Morgan fingerprint density at radius 2 is 2.00 bits per heavy atom. The van der Waals surface area contributed by atoms with Crippen LogP contribution in [0.3, 0.4) is 0 Å². The van der Waals surface area contributed by atoms with Gasteiger partial charge >= 0.3 is 0 Å². The second kappa shape index (κ2) is 5.47. The van der Waals surface area contributed by atoms with Gasteiger partial charge in [0.15, 0.2) is 0 Å². The summed E-state index contributed by atoms with van der Waals surface area (Å²) in [5.74, 6) is 2.70. The number of benzene rings is 1. The molecule has 0 saturated heterocycles. The van der Waals surface area contributed by atoms with Crippen LogP contribution in [-0.2, 0) is 6.42 Å². The van der Waals surface area contributed by atoms with Gasteiger partial charge in [0.25, 0.3) is 0 Å². The van der Waals surface area contributed by atoms with Crippen LogP contribution in [-0.4, -0.2) is 11.2 Å². The zero-order valence-corrected chi connectivity index (χ0v) is 8.48. The molecular weight excluding hydrogens is 172 g/mol. The van der Waals surface area contributed by atoms with Crippen LogP contribution in [0, 0.1) is 18.3 Å². The summed E-state index contributed by atoms with van der Waals surface area (Å²) in [4.78, 5) is 0. The van der Waals surface area contributed by atoms with Crippen molar-refractivity contribution in [3.05, 3.63) is 35.9 Å². The molecule has 0 aromatic heterocycles. The number of terminal acetylenes is 1. The van der Waals surface area contributed by atoms with Crippen LogP contribution in [0.25, 0.3) is 0 Å². The van der Waals surface area contributed by atoms with Gasteiger partial charge in [0.05, 0.1) is 6.10 Å². The van der Waals surface area contributed by atoms with Crippen molar-refractivity contribution in [1.29, 1.82) is 0 Å². The summed E-state index contributed by atoms with van der Waals surface area (Å²) in [5.41, 5.74) is 1.25. The van der Waals surface area contributed by atoms with Crippen LogP contribution in [0.2, 0.25) is 0 Å². The van der Waals surface area contributed by atoms with Gasteiger partial charge in [0.2, 0.25) is 0 Å². The Balaban J connectivity index is 2.49. The lowest BCUT2D eigenvalue weighted by atomic mass is 9.94. The molecule has 0 saturated carbocycles. The Bertz CT molecular complexity index is 297. The van der Waals surface area contributed by atoms with Crippen LogP contribution in [0.15, 0.2) is 30.3 Å². The summed E-state index contributed by atoms with van der Waals surface area (Å²) in [7, 11) is 0. The van der Waals surface area contributed by atoms with E-state index in [2.05, 4.69) is 18.1 Å². The normalized spacial score (nSPS) is 14.4. The van der Waals surface area contributed by atoms with Crippen molar-refractivity contribution in [2.45, 2.75) is 25.9 Å². The topological polar surface area (TPSA) is 20.2 Å². The van der Waals surface area contributed by atoms with E-state index in [-0.39, 0.29) is 12.0 Å². The fourth-order valence-electron chi connectivity index (χ4n) is 1.44. The highest BCUT2D eigenvalue weighted by Crippen LogP contribution is 2.13. The first-order valence-electron chi connectivity index (χ1n) is 4.89. The molecule has 0 aliphatic rings. The monoisotopic (exact) mass is 188 g/mol. The smallest absolute Gasteiger partial charge is 0.0677 e. The molecule has 0 fully saturated rings. The first-order chi connectivity index (χ1) is 6.74. The van der Waals surface area contributed by atoms with E-state index in [4.69, 9.17) is 6.42 Å². The fraction of sp³-hybridized carbons (Fsp3) is 0.385. The third kappa shape index (κ3) is 3.24. The summed E-state index contributed by atoms with van der Waals surface area (Å²) >= 11 is 0. The third-order valence-corrected chi connectivity index (χ3v) is 2.38. The molecule has 0 radical (unpaired) electrons. The standard InChI is InChI=1S/C13H16O/c1-3-7-13(14)11(2)10-12-8-5-4-6-9-12/h1,4-6,8-9,11,13-14H,7,10H2,2H3/t11-,13-/m1/s1. The number of hydrogen-bond donors (Lipinski definition) is 1. The second-order valence-corrected chi connectivity index (χ2v) is 3.64. The molecule has 0 aliphatic heterocycles. The summed E-state index contributed by atoms with van der Waals surface area (Å²) in [6.07, 6.45) is 6.08. The van der Waals surface area contributed by atoms with Crippen LogP contribution in [0.5, 0.6) is 0 Å². The van der Waals surface area contributed by atoms with Gasteiger partial charge in [-0.25, -0.2) is 0 Å². The van der Waals surface area contributed by atoms with E-state index >= 15 is 0 Å². The Kier molecular flexibility index (Phi) is 4.22. The van der Waals surface area contributed by atoms with Crippen LogP contribution in [0.1, 0.15) is 18.9 Å². The average molecular weight is 188 g/mol. The molecule has 0 aliphatic carbocycles. The molecule has 0 unspecified atom stereocenters. The summed E-state index contributed by atoms with van der Waals surface area (Å²) in [6, 6.07) is 10.1. The average Bonchev–Trinajstić information content (AvgIpc) is 2.19. The zero-order chi connectivity index (χ0) is 10.4. The molecule has 1 nitrogen and oxygen atoms in total. The van der Waals surface area contributed by atoms with E-state index in [1.54, 1.807) is 0 Å². The van der Waals surface area contributed by atoms with Gasteiger partial charge in [-0.15, -0.1) is 12.3 Å². The summed E-state index contributed by atoms with van der Waals surface area (Å²) in [5, 5.41) is 9.64. The number of hydrogen-bond acceptors (Lipinski definition) is 1. The lowest BCUT2D eigenvalue weighted by Gasteiger charge is -2.16. The maximum absolute atomic E-state index is 9.64. The van der Waals surface area contributed by atoms with Crippen molar-refractivity contribution >= 4 is 0 Å². The van der Waals surface area contributed by atoms with E-state index < -0.39 is 0 Å². The Morgan fingerprint density at radius 1 is 1.36 bits per heavy atom. The molecule has 1 aromatic rings. The van der Waals surface area contributed by atoms with Crippen LogP contribution < -0.4 is 0 Å². The maximum Gasteiger partial charge on any atom is 0.0677 e. The predicted octanol–water partition coefficient (Wildman–Crippen LogP) is 2.25. The molecule has 1 aromatic carbocycles. The molecule has 0 spiro atoms. The van der Waals surface area contributed by atoms with Crippen molar-refractivity contribution in [2.24, 2.45) is 5.92 Å². The largest absolute Gasteiger partial charge is 0.392 e. The lowest BCUT2D eigenvalue weighted by Crippen LogP contribution is -2.18. The van der Waals surface area contributed by atoms with Gasteiger partial charge in [-0.05, 0) is 17.9 Å². The van der Waals surface area contributed by atoms with Crippen molar-refractivity contribution in [3.8, 4) is 12.3 Å². The zero-order valence-electron chi connectivity index (χ0n) is 8.48. The molecular formula is C13H16O. The van der Waals surface area contributed by atoms with E-state index in [0.29, 0.717) is 6.42 Å². The van der Waals surface area contributed by atoms with Gasteiger partial charge < -0.3 is 5.11 Å².